The van der Waals surface area contributed by atoms with Crippen molar-refractivity contribution >= 4 is 12.2 Å². The van der Waals surface area contributed by atoms with Crippen LogP contribution in [0.15, 0.2) is 73.3 Å². The SMILES string of the molecule is Cc1ccc(-n2c(-c3ccncc3)nn(CN3CCN(Cc4ccncc4)CC3)c2=S)cc1. The summed E-state index contributed by atoms with van der Waals surface area (Å²) in [6.45, 7) is 7.73. The molecular formula is C25H27N7S. The molecule has 0 spiro atoms. The molecule has 0 unspecified atom stereocenters. The van der Waals surface area contributed by atoms with E-state index in [-0.39, 0.29) is 0 Å². The Morgan fingerprint density at radius 1 is 0.788 bits per heavy atom. The molecule has 4 aromatic rings. The molecule has 0 amide bonds. The maximum absolute atomic E-state index is 5.91. The Balaban J connectivity index is 1.36. The largest absolute Gasteiger partial charge is 0.297 e. The highest BCUT2D eigenvalue weighted by atomic mass is 32.1. The van der Waals surface area contributed by atoms with E-state index in [0.29, 0.717) is 11.4 Å². The van der Waals surface area contributed by atoms with Gasteiger partial charge in [-0.25, -0.2) is 4.68 Å². The molecule has 1 fully saturated rings. The van der Waals surface area contributed by atoms with Gasteiger partial charge in [-0.2, -0.15) is 0 Å². The Bertz CT molecular complexity index is 1240. The van der Waals surface area contributed by atoms with Gasteiger partial charge in [-0.1, -0.05) is 17.7 Å². The molecule has 1 aliphatic heterocycles. The number of aryl methyl sites for hydroxylation is 1. The summed E-state index contributed by atoms with van der Waals surface area (Å²) < 4.78 is 4.71. The number of pyridine rings is 2. The van der Waals surface area contributed by atoms with E-state index < -0.39 is 0 Å². The molecule has 168 valence electrons. The van der Waals surface area contributed by atoms with Gasteiger partial charge in [-0.05, 0) is 61.1 Å². The second kappa shape index (κ2) is 9.74. The zero-order valence-electron chi connectivity index (χ0n) is 18.7. The molecule has 7 nitrogen and oxygen atoms in total. The van der Waals surface area contributed by atoms with Crippen molar-refractivity contribution in [3.63, 3.8) is 0 Å². The van der Waals surface area contributed by atoms with Crippen LogP contribution >= 0.6 is 12.2 Å². The van der Waals surface area contributed by atoms with Crippen LogP contribution in [0.1, 0.15) is 11.1 Å². The van der Waals surface area contributed by atoms with Crippen LogP contribution in [0.2, 0.25) is 0 Å². The van der Waals surface area contributed by atoms with Crippen molar-refractivity contribution in [2.75, 3.05) is 26.2 Å². The molecule has 1 saturated heterocycles. The average molecular weight is 458 g/mol. The van der Waals surface area contributed by atoms with Crippen LogP contribution in [-0.4, -0.2) is 60.3 Å². The molecule has 1 aromatic carbocycles. The quantitative estimate of drug-likeness (QED) is 0.409. The molecule has 3 aromatic heterocycles. The summed E-state index contributed by atoms with van der Waals surface area (Å²) in [6.07, 6.45) is 7.30. The van der Waals surface area contributed by atoms with Crippen molar-refractivity contribution in [3.8, 4) is 17.1 Å². The van der Waals surface area contributed by atoms with E-state index in [9.17, 15) is 0 Å². The third-order valence-electron chi connectivity index (χ3n) is 6.02. The number of hydrogen-bond acceptors (Lipinski definition) is 6. The summed E-state index contributed by atoms with van der Waals surface area (Å²) in [6, 6.07) is 16.5. The second-order valence-corrected chi connectivity index (χ2v) is 8.77. The van der Waals surface area contributed by atoms with Crippen molar-refractivity contribution in [1.29, 1.82) is 0 Å². The number of piperazine rings is 1. The first-order valence-electron chi connectivity index (χ1n) is 11.2. The number of aromatic nitrogens is 5. The molecule has 0 N–H and O–H groups in total. The minimum atomic E-state index is 0.679. The van der Waals surface area contributed by atoms with Gasteiger partial charge in [0.05, 0.1) is 6.67 Å². The van der Waals surface area contributed by atoms with E-state index >= 15 is 0 Å². The van der Waals surface area contributed by atoms with Crippen molar-refractivity contribution in [3.05, 3.63) is 89.2 Å². The fourth-order valence-electron chi connectivity index (χ4n) is 4.14. The topological polar surface area (TPSA) is 55.0 Å². The molecule has 0 radical (unpaired) electrons. The number of hydrogen-bond donors (Lipinski definition) is 0. The van der Waals surface area contributed by atoms with E-state index in [0.717, 1.165) is 49.8 Å². The van der Waals surface area contributed by atoms with E-state index in [1.807, 2.05) is 29.2 Å². The van der Waals surface area contributed by atoms with Crippen molar-refractivity contribution in [2.24, 2.45) is 0 Å². The molecule has 1 aliphatic rings. The highest BCUT2D eigenvalue weighted by Gasteiger charge is 2.20. The van der Waals surface area contributed by atoms with Crippen molar-refractivity contribution in [2.45, 2.75) is 20.1 Å². The minimum absolute atomic E-state index is 0.679. The predicted molar refractivity (Wildman–Crippen MR) is 131 cm³/mol. The third kappa shape index (κ3) is 4.93. The summed E-state index contributed by atoms with van der Waals surface area (Å²) >= 11 is 5.91. The number of rotatable bonds is 6. The Kier molecular flexibility index (Phi) is 6.39. The van der Waals surface area contributed by atoms with Gasteiger partial charge in [0.15, 0.2) is 5.82 Å². The van der Waals surface area contributed by atoms with Gasteiger partial charge in [0.25, 0.3) is 0 Å². The zero-order chi connectivity index (χ0) is 22.6. The molecule has 0 aliphatic carbocycles. The molecule has 0 bridgehead atoms. The normalized spacial score (nSPS) is 15.1. The smallest absolute Gasteiger partial charge is 0.204 e. The molecular weight excluding hydrogens is 430 g/mol. The first kappa shape index (κ1) is 21.6. The predicted octanol–water partition coefficient (Wildman–Crippen LogP) is 3.94. The highest BCUT2D eigenvalue weighted by Crippen LogP contribution is 2.23. The lowest BCUT2D eigenvalue weighted by atomic mass is 10.2. The summed E-state index contributed by atoms with van der Waals surface area (Å²) in [4.78, 5) is 13.2. The lowest BCUT2D eigenvalue weighted by Crippen LogP contribution is -2.46. The Morgan fingerprint density at radius 3 is 2.06 bits per heavy atom. The maximum atomic E-state index is 5.91. The first-order valence-corrected chi connectivity index (χ1v) is 11.6. The minimum Gasteiger partial charge on any atom is -0.297 e. The molecule has 5 rings (SSSR count). The van der Waals surface area contributed by atoms with Gasteiger partial charge in [0.2, 0.25) is 4.77 Å². The highest BCUT2D eigenvalue weighted by molar-refractivity contribution is 7.71. The fraction of sp³-hybridized carbons (Fsp3) is 0.280. The molecule has 8 heteroatoms. The van der Waals surface area contributed by atoms with E-state index in [4.69, 9.17) is 17.3 Å². The number of benzene rings is 1. The van der Waals surface area contributed by atoms with E-state index in [2.05, 4.69) is 67.7 Å². The zero-order valence-corrected chi connectivity index (χ0v) is 19.5. The summed E-state index contributed by atoms with van der Waals surface area (Å²) in [5.74, 6) is 0.836. The van der Waals surface area contributed by atoms with Crippen LogP contribution in [0.25, 0.3) is 17.1 Å². The first-order chi connectivity index (χ1) is 16.2. The Labute approximate surface area is 199 Å². The average Bonchev–Trinajstić information content (AvgIpc) is 3.18. The summed E-state index contributed by atoms with van der Waals surface area (Å²) in [7, 11) is 0. The lowest BCUT2D eigenvalue weighted by molar-refractivity contribution is 0.0981. The summed E-state index contributed by atoms with van der Waals surface area (Å²) in [5, 5.41) is 4.95. The Hall–Kier alpha value is -3.20. The van der Waals surface area contributed by atoms with Gasteiger partial charge < -0.3 is 0 Å². The monoisotopic (exact) mass is 457 g/mol. The van der Waals surface area contributed by atoms with E-state index in [1.165, 1.54) is 11.1 Å². The third-order valence-corrected chi connectivity index (χ3v) is 6.42. The van der Waals surface area contributed by atoms with Crippen LogP contribution in [0, 0.1) is 11.7 Å². The molecule has 33 heavy (non-hydrogen) atoms. The standard InChI is InChI=1S/C25H27N7S/c1-20-2-4-23(5-3-20)32-24(22-8-12-27-13-9-22)28-31(25(32)33)19-30-16-14-29(15-17-30)18-21-6-10-26-11-7-21/h2-13H,14-19H2,1H3. The fourth-order valence-corrected chi connectivity index (χ4v) is 4.43. The van der Waals surface area contributed by atoms with Gasteiger partial charge in [0, 0.05) is 68.8 Å². The summed E-state index contributed by atoms with van der Waals surface area (Å²) in [5.41, 5.74) is 4.54. The Morgan fingerprint density at radius 2 is 1.39 bits per heavy atom. The second-order valence-electron chi connectivity index (χ2n) is 8.40. The van der Waals surface area contributed by atoms with Crippen molar-refractivity contribution in [1.82, 2.24) is 34.1 Å². The van der Waals surface area contributed by atoms with Crippen LogP contribution in [-0.2, 0) is 13.2 Å². The molecule has 0 atom stereocenters. The van der Waals surface area contributed by atoms with Gasteiger partial charge in [-0.15, -0.1) is 5.10 Å². The lowest BCUT2D eigenvalue weighted by Gasteiger charge is -2.34. The maximum Gasteiger partial charge on any atom is 0.204 e. The van der Waals surface area contributed by atoms with Crippen molar-refractivity contribution < 1.29 is 0 Å². The van der Waals surface area contributed by atoms with Crippen LogP contribution in [0.5, 0.6) is 0 Å². The van der Waals surface area contributed by atoms with Gasteiger partial charge in [-0.3, -0.25) is 24.3 Å². The van der Waals surface area contributed by atoms with E-state index in [1.54, 1.807) is 12.4 Å². The number of nitrogens with zero attached hydrogens (tertiary/aromatic N) is 7. The van der Waals surface area contributed by atoms with Gasteiger partial charge >= 0.3 is 0 Å². The van der Waals surface area contributed by atoms with Gasteiger partial charge in [0.1, 0.15) is 0 Å². The van der Waals surface area contributed by atoms with Crippen LogP contribution in [0.4, 0.5) is 0 Å². The van der Waals surface area contributed by atoms with Crippen LogP contribution < -0.4 is 0 Å². The molecule has 0 saturated carbocycles. The molecule has 4 heterocycles. The van der Waals surface area contributed by atoms with Crippen LogP contribution in [0.3, 0.4) is 0 Å².